The van der Waals surface area contributed by atoms with Gasteiger partial charge in [0.1, 0.15) is 5.82 Å². The van der Waals surface area contributed by atoms with E-state index in [2.05, 4.69) is 25.9 Å². The molecule has 0 unspecified atom stereocenters. The van der Waals surface area contributed by atoms with E-state index >= 15 is 0 Å². The molecule has 1 aliphatic rings. The normalized spacial score (nSPS) is 19.0. The highest BCUT2D eigenvalue weighted by atomic mass is 16.5. The van der Waals surface area contributed by atoms with E-state index in [1.807, 2.05) is 43.5 Å². The minimum Gasteiger partial charge on any atom is -0.493 e. The number of rotatable bonds is 6. The van der Waals surface area contributed by atoms with Crippen molar-refractivity contribution < 1.29 is 9.47 Å². The van der Waals surface area contributed by atoms with E-state index in [1.165, 1.54) is 0 Å². The van der Waals surface area contributed by atoms with Crippen LogP contribution < -0.4 is 15.0 Å². The van der Waals surface area contributed by atoms with Crippen LogP contribution in [0.15, 0.2) is 53.5 Å². The van der Waals surface area contributed by atoms with Crippen molar-refractivity contribution in [3.05, 3.63) is 81.8 Å². The first-order valence-corrected chi connectivity index (χ1v) is 9.99. The maximum absolute atomic E-state index is 12.1. The third-order valence-corrected chi connectivity index (χ3v) is 5.60. The second kappa shape index (κ2) is 8.67. The van der Waals surface area contributed by atoms with Gasteiger partial charge in [0.05, 0.1) is 25.6 Å². The summed E-state index contributed by atoms with van der Waals surface area (Å²) in [7, 11) is 3.27. The summed E-state index contributed by atoms with van der Waals surface area (Å²) in [5.74, 6) is 2.29. The quantitative estimate of drug-likeness (QED) is 0.678. The number of nitrogens with zero attached hydrogens (tertiary/aromatic N) is 3. The molecule has 1 aromatic carbocycles. The predicted molar refractivity (Wildman–Crippen MR) is 114 cm³/mol. The Balaban J connectivity index is 1.70. The van der Waals surface area contributed by atoms with Crippen LogP contribution in [0.2, 0.25) is 0 Å². The van der Waals surface area contributed by atoms with Crippen LogP contribution in [-0.4, -0.2) is 47.2 Å². The number of pyridine rings is 1. The Bertz CT molecular complexity index is 1070. The highest BCUT2D eigenvalue weighted by Gasteiger charge is 2.36. The number of likely N-dealkylation sites (tertiary alicyclic amines) is 1. The lowest BCUT2D eigenvalue weighted by Gasteiger charge is -2.20. The zero-order valence-corrected chi connectivity index (χ0v) is 17.5. The Labute approximate surface area is 175 Å². The average molecular weight is 406 g/mol. The molecule has 0 bridgehead atoms. The van der Waals surface area contributed by atoms with E-state index in [0.29, 0.717) is 17.3 Å². The molecule has 1 saturated heterocycles. The molecule has 0 amide bonds. The molecule has 0 saturated carbocycles. The number of H-pyrrole nitrogens is 1. The summed E-state index contributed by atoms with van der Waals surface area (Å²) >= 11 is 0. The van der Waals surface area contributed by atoms with E-state index in [1.54, 1.807) is 20.3 Å². The van der Waals surface area contributed by atoms with Gasteiger partial charge >= 0.3 is 0 Å². The predicted octanol–water partition coefficient (Wildman–Crippen LogP) is 2.87. The molecule has 2 atom stereocenters. The van der Waals surface area contributed by atoms with Gasteiger partial charge in [-0.15, -0.1) is 0 Å². The molecule has 0 spiro atoms. The van der Waals surface area contributed by atoms with E-state index in [0.717, 1.165) is 36.6 Å². The van der Waals surface area contributed by atoms with Crippen molar-refractivity contribution >= 4 is 0 Å². The summed E-state index contributed by atoms with van der Waals surface area (Å²) in [5, 5.41) is 0. The van der Waals surface area contributed by atoms with Crippen molar-refractivity contribution in [2.45, 2.75) is 25.3 Å². The van der Waals surface area contributed by atoms with Crippen molar-refractivity contribution in [2.75, 3.05) is 27.3 Å². The van der Waals surface area contributed by atoms with Crippen molar-refractivity contribution in [2.24, 2.45) is 0 Å². The van der Waals surface area contributed by atoms with Gasteiger partial charge in [0.25, 0.3) is 5.56 Å². The van der Waals surface area contributed by atoms with Crippen LogP contribution in [0.5, 0.6) is 11.5 Å². The zero-order chi connectivity index (χ0) is 21.1. The lowest BCUT2D eigenvalue weighted by molar-refractivity contribution is 0.319. The number of ether oxygens (including phenoxy) is 2. The summed E-state index contributed by atoms with van der Waals surface area (Å²) in [6, 6.07) is 13.6. The van der Waals surface area contributed by atoms with Crippen LogP contribution >= 0.6 is 0 Å². The Morgan fingerprint density at radius 1 is 1.07 bits per heavy atom. The largest absolute Gasteiger partial charge is 0.493 e. The standard InChI is InChI=1S/C23H26N4O3/c1-15-25-20(11-23(28)26-15)19-14-27(12-17-6-4-5-9-24-17)13-18(19)16-7-8-21(29-2)22(10-16)30-3/h4-11,18-19H,12-14H2,1-3H3,(H,25,26,28)/t18-,19+/m0/s1. The van der Waals surface area contributed by atoms with Gasteiger partial charge in [0, 0.05) is 43.7 Å². The van der Waals surface area contributed by atoms with Crippen LogP contribution in [0.4, 0.5) is 0 Å². The van der Waals surface area contributed by atoms with E-state index in [-0.39, 0.29) is 17.4 Å². The fourth-order valence-electron chi connectivity index (χ4n) is 4.25. The Morgan fingerprint density at radius 2 is 1.87 bits per heavy atom. The number of aromatic amines is 1. The second-order valence-corrected chi connectivity index (χ2v) is 7.60. The molecule has 156 valence electrons. The van der Waals surface area contributed by atoms with Gasteiger partial charge in [-0.1, -0.05) is 12.1 Å². The summed E-state index contributed by atoms with van der Waals surface area (Å²) in [6.45, 7) is 4.20. The van der Waals surface area contributed by atoms with Crippen molar-refractivity contribution in [3.8, 4) is 11.5 Å². The molecule has 7 heteroatoms. The third kappa shape index (κ3) is 4.21. The number of hydrogen-bond donors (Lipinski definition) is 1. The molecule has 1 aliphatic heterocycles. The van der Waals surface area contributed by atoms with Gasteiger partial charge in [0.15, 0.2) is 11.5 Å². The molecule has 1 N–H and O–H groups in total. The summed E-state index contributed by atoms with van der Waals surface area (Å²) in [5.41, 5.74) is 2.87. The van der Waals surface area contributed by atoms with Crippen LogP contribution in [0.1, 0.15) is 34.6 Å². The fraction of sp³-hybridized carbons (Fsp3) is 0.348. The minimum absolute atomic E-state index is 0.0906. The van der Waals surface area contributed by atoms with Crippen LogP contribution in [0.25, 0.3) is 0 Å². The summed E-state index contributed by atoms with van der Waals surface area (Å²) < 4.78 is 10.9. The number of benzene rings is 1. The average Bonchev–Trinajstić information content (AvgIpc) is 3.17. The molecule has 4 rings (SSSR count). The monoisotopic (exact) mass is 406 g/mol. The van der Waals surface area contributed by atoms with Gasteiger partial charge in [-0.05, 0) is 36.8 Å². The Morgan fingerprint density at radius 3 is 2.57 bits per heavy atom. The highest BCUT2D eigenvalue weighted by Crippen LogP contribution is 2.41. The van der Waals surface area contributed by atoms with Gasteiger partial charge in [0.2, 0.25) is 0 Å². The lowest BCUT2D eigenvalue weighted by Crippen LogP contribution is -2.21. The molecule has 2 aromatic heterocycles. The first-order chi connectivity index (χ1) is 14.6. The molecular formula is C23H26N4O3. The Hall–Kier alpha value is -3.19. The second-order valence-electron chi connectivity index (χ2n) is 7.60. The SMILES string of the molecule is COc1ccc([C@@H]2CN(Cc3ccccn3)C[C@H]2c2cc(=O)[nH]c(C)n2)cc1OC. The molecule has 1 fully saturated rings. The summed E-state index contributed by atoms with van der Waals surface area (Å²) in [6.07, 6.45) is 1.82. The van der Waals surface area contributed by atoms with Crippen LogP contribution in [-0.2, 0) is 6.54 Å². The topological polar surface area (TPSA) is 80.3 Å². The molecule has 7 nitrogen and oxygen atoms in total. The number of aromatic nitrogens is 3. The van der Waals surface area contributed by atoms with Crippen molar-refractivity contribution in [1.29, 1.82) is 0 Å². The molecular weight excluding hydrogens is 380 g/mol. The number of methoxy groups -OCH3 is 2. The molecule has 0 aliphatic carbocycles. The number of hydrogen-bond acceptors (Lipinski definition) is 6. The number of aryl methyl sites for hydroxylation is 1. The van der Waals surface area contributed by atoms with Crippen molar-refractivity contribution in [3.63, 3.8) is 0 Å². The zero-order valence-electron chi connectivity index (χ0n) is 17.5. The van der Waals surface area contributed by atoms with E-state index in [9.17, 15) is 4.79 Å². The molecule has 0 radical (unpaired) electrons. The maximum Gasteiger partial charge on any atom is 0.251 e. The first kappa shape index (κ1) is 20.1. The van der Waals surface area contributed by atoms with Crippen LogP contribution in [0.3, 0.4) is 0 Å². The molecule has 3 aromatic rings. The van der Waals surface area contributed by atoms with Crippen molar-refractivity contribution in [1.82, 2.24) is 19.9 Å². The highest BCUT2D eigenvalue weighted by molar-refractivity contribution is 5.45. The first-order valence-electron chi connectivity index (χ1n) is 9.99. The minimum atomic E-state index is -0.119. The molecule has 3 heterocycles. The third-order valence-electron chi connectivity index (χ3n) is 5.60. The van der Waals surface area contributed by atoms with Gasteiger partial charge < -0.3 is 14.5 Å². The summed E-state index contributed by atoms with van der Waals surface area (Å²) in [4.78, 5) is 26.3. The maximum atomic E-state index is 12.1. The van der Waals surface area contributed by atoms with Crippen LogP contribution in [0, 0.1) is 6.92 Å². The van der Waals surface area contributed by atoms with E-state index < -0.39 is 0 Å². The smallest absolute Gasteiger partial charge is 0.251 e. The number of nitrogens with one attached hydrogen (secondary N) is 1. The van der Waals surface area contributed by atoms with Gasteiger partial charge in [-0.3, -0.25) is 14.7 Å². The van der Waals surface area contributed by atoms with Gasteiger partial charge in [-0.2, -0.15) is 0 Å². The fourth-order valence-corrected chi connectivity index (χ4v) is 4.25. The van der Waals surface area contributed by atoms with E-state index in [4.69, 9.17) is 9.47 Å². The lowest BCUT2D eigenvalue weighted by atomic mass is 9.86. The van der Waals surface area contributed by atoms with Gasteiger partial charge in [-0.25, -0.2) is 4.98 Å². The molecule has 30 heavy (non-hydrogen) atoms. The Kier molecular flexibility index (Phi) is 5.81.